The summed E-state index contributed by atoms with van der Waals surface area (Å²) in [5.74, 6) is -0.853. The molecule has 51 heavy (non-hydrogen) atoms. The minimum absolute atomic E-state index is 0.0850. The zero-order chi connectivity index (χ0) is 35.6. The first kappa shape index (κ1) is 35.6. The monoisotopic (exact) mass is 692 g/mol. The van der Waals surface area contributed by atoms with Gasteiger partial charge in [0.05, 0.1) is 38.0 Å². The fourth-order valence-electron chi connectivity index (χ4n) is 6.82. The van der Waals surface area contributed by atoms with Crippen LogP contribution in [0.1, 0.15) is 46.2 Å². The third-order valence-corrected chi connectivity index (χ3v) is 9.46. The standard InChI is InChI=1S/C40H44N4O7/c1-49-39(47)44-37(35(27-13-4-2-5-14-27)28-15-6-3-7-16-28)38(46)42-33-19-11-9-12-26(33)20-21-31-23-41-30(24-50-31)25-51-40(48)43-36-32-18-10-8-17-29(32)22-34(36)45/h2-19,30-31,34-37,41,45H,20-25H2,1H3,(H,42,46)(H,43,48)(H,44,47)/t30-,31+,34+,36-,37-/m0/s1. The van der Waals surface area contributed by atoms with Gasteiger partial charge >= 0.3 is 12.2 Å². The highest BCUT2D eigenvalue weighted by atomic mass is 16.6. The van der Waals surface area contributed by atoms with Crippen LogP contribution in [0, 0.1) is 0 Å². The second kappa shape index (κ2) is 17.1. The molecular formula is C40H44N4O7. The molecule has 5 atom stereocenters. The maximum absolute atomic E-state index is 14.1. The molecule has 4 aromatic carbocycles. The Morgan fingerprint density at radius 3 is 2.24 bits per heavy atom. The molecule has 11 heteroatoms. The molecule has 0 spiro atoms. The molecule has 0 aromatic heterocycles. The Bertz CT molecular complexity index is 1730. The van der Waals surface area contributed by atoms with Gasteiger partial charge in [0, 0.05) is 24.6 Å². The van der Waals surface area contributed by atoms with Gasteiger partial charge in [-0.3, -0.25) is 4.79 Å². The Hall–Kier alpha value is -5.23. The number of aryl methyl sites for hydroxylation is 1. The van der Waals surface area contributed by atoms with Crippen LogP contribution >= 0.6 is 0 Å². The molecule has 1 fully saturated rings. The third kappa shape index (κ3) is 9.12. The van der Waals surface area contributed by atoms with Crippen LogP contribution in [0.25, 0.3) is 0 Å². The van der Waals surface area contributed by atoms with E-state index in [1.165, 1.54) is 7.11 Å². The van der Waals surface area contributed by atoms with E-state index in [9.17, 15) is 19.5 Å². The summed E-state index contributed by atoms with van der Waals surface area (Å²) in [6.07, 6.45) is -0.248. The van der Waals surface area contributed by atoms with Gasteiger partial charge in [0.15, 0.2) is 0 Å². The number of hydrogen-bond acceptors (Lipinski definition) is 8. The fourth-order valence-corrected chi connectivity index (χ4v) is 6.82. The quantitative estimate of drug-likeness (QED) is 0.142. The molecule has 4 aromatic rings. The minimum atomic E-state index is -0.971. The highest BCUT2D eigenvalue weighted by Gasteiger charge is 2.34. The number of rotatable bonds is 12. The Kier molecular flexibility index (Phi) is 12.0. The second-order valence-electron chi connectivity index (χ2n) is 12.8. The van der Waals surface area contributed by atoms with Crippen LogP contribution in [0.15, 0.2) is 109 Å². The number of benzene rings is 4. The third-order valence-electron chi connectivity index (χ3n) is 9.46. The Morgan fingerprint density at radius 2 is 1.55 bits per heavy atom. The lowest BCUT2D eigenvalue weighted by Gasteiger charge is -2.30. The largest absolute Gasteiger partial charge is 0.453 e. The van der Waals surface area contributed by atoms with Gasteiger partial charge in [0.25, 0.3) is 0 Å². The Labute approximate surface area is 297 Å². The van der Waals surface area contributed by atoms with Gasteiger partial charge in [0.2, 0.25) is 5.91 Å². The first-order valence-corrected chi connectivity index (χ1v) is 17.3. The van der Waals surface area contributed by atoms with E-state index in [2.05, 4.69) is 21.3 Å². The van der Waals surface area contributed by atoms with E-state index in [0.717, 1.165) is 27.8 Å². The molecule has 1 aliphatic carbocycles. The lowest BCUT2D eigenvalue weighted by atomic mass is 9.84. The van der Waals surface area contributed by atoms with Crippen LogP contribution in [0.4, 0.5) is 15.3 Å². The van der Waals surface area contributed by atoms with E-state index < -0.39 is 36.3 Å². The van der Waals surface area contributed by atoms with E-state index >= 15 is 0 Å². The summed E-state index contributed by atoms with van der Waals surface area (Å²) in [4.78, 5) is 39.1. The van der Waals surface area contributed by atoms with Crippen molar-refractivity contribution >= 4 is 23.8 Å². The summed E-state index contributed by atoms with van der Waals surface area (Å²) in [6, 6.07) is 32.8. The number of hydrogen-bond donors (Lipinski definition) is 5. The molecule has 5 N–H and O–H groups in total. The molecule has 1 aliphatic heterocycles. The molecular weight excluding hydrogens is 648 g/mol. The van der Waals surface area contributed by atoms with Gasteiger partial charge in [-0.25, -0.2) is 9.59 Å². The van der Waals surface area contributed by atoms with Gasteiger partial charge in [0.1, 0.15) is 12.6 Å². The van der Waals surface area contributed by atoms with Crippen molar-refractivity contribution in [2.45, 2.75) is 55.5 Å². The van der Waals surface area contributed by atoms with E-state index in [0.29, 0.717) is 38.1 Å². The predicted octanol–water partition coefficient (Wildman–Crippen LogP) is 4.86. The topological polar surface area (TPSA) is 147 Å². The number of nitrogens with one attached hydrogen (secondary N) is 4. The molecule has 2 aliphatic rings. The number of ether oxygens (including phenoxy) is 3. The lowest BCUT2D eigenvalue weighted by Crippen LogP contribution is -2.49. The second-order valence-corrected chi connectivity index (χ2v) is 12.8. The van der Waals surface area contributed by atoms with E-state index in [1.807, 2.05) is 109 Å². The normalized spacial score (nSPS) is 20.1. The van der Waals surface area contributed by atoms with Crippen molar-refractivity contribution in [1.82, 2.24) is 16.0 Å². The first-order valence-electron chi connectivity index (χ1n) is 17.3. The van der Waals surface area contributed by atoms with Crippen LogP contribution in [-0.2, 0) is 31.8 Å². The summed E-state index contributed by atoms with van der Waals surface area (Å²) in [5.41, 5.74) is 5.26. The van der Waals surface area contributed by atoms with E-state index in [-0.39, 0.29) is 24.7 Å². The summed E-state index contributed by atoms with van der Waals surface area (Å²) < 4.78 is 16.5. The van der Waals surface area contributed by atoms with Crippen molar-refractivity contribution in [2.75, 3.05) is 32.2 Å². The number of carbonyl (C=O) groups excluding carboxylic acids is 3. The Morgan fingerprint density at radius 1 is 0.882 bits per heavy atom. The molecule has 3 amide bonds. The van der Waals surface area contributed by atoms with Crippen LogP contribution in [-0.4, -0.2) is 74.4 Å². The SMILES string of the molecule is COC(=O)N[C@H](C(=O)Nc1ccccc1CC[C@@H]1CN[C@H](COC(=O)N[C@H]2c3ccccc3C[C@H]2O)CO1)C(c1ccccc1)c1ccccc1. The number of amides is 3. The van der Waals surface area contributed by atoms with Crippen molar-refractivity contribution in [1.29, 1.82) is 0 Å². The van der Waals surface area contributed by atoms with Crippen molar-refractivity contribution in [3.05, 3.63) is 137 Å². The molecule has 1 saturated heterocycles. The van der Waals surface area contributed by atoms with Gasteiger partial charge in [-0.15, -0.1) is 0 Å². The van der Waals surface area contributed by atoms with Crippen LogP contribution < -0.4 is 21.3 Å². The number of carbonyl (C=O) groups is 3. The van der Waals surface area contributed by atoms with Crippen molar-refractivity contribution in [3.63, 3.8) is 0 Å². The smallest absolute Gasteiger partial charge is 0.407 e. The summed E-state index contributed by atoms with van der Waals surface area (Å²) >= 11 is 0. The molecule has 0 radical (unpaired) electrons. The number of morpholine rings is 1. The molecule has 0 bridgehead atoms. The van der Waals surface area contributed by atoms with E-state index in [1.54, 1.807) is 0 Å². The first-order chi connectivity index (χ1) is 24.9. The molecule has 1 heterocycles. The Balaban J connectivity index is 1.03. The number of aliphatic hydroxyl groups is 1. The summed E-state index contributed by atoms with van der Waals surface area (Å²) in [5, 5.41) is 22.5. The molecule has 11 nitrogen and oxygen atoms in total. The number of para-hydroxylation sites is 1. The lowest BCUT2D eigenvalue weighted by molar-refractivity contribution is -0.118. The summed E-state index contributed by atoms with van der Waals surface area (Å²) in [6.45, 7) is 1.07. The van der Waals surface area contributed by atoms with E-state index in [4.69, 9.17) is 14.2 Å². The zero-order valence-electron chi connectivity index (χ0n) is 28.5. The minimum Gasteiger partial charge on any atom is -0.453 e. The maximum atomic E-state index is 14.1. The van der Waals surface area contributed by atoms with Crippen LogP contribution in [0.2, 0.25) is 0 Å². The van der Waals surface area contributed by atoms with Crippen molar-refractivity contribution < 1.29 is 33.7 Å². The number of anilines is 1. The summed E-state index contributed by atoms with van der Waals surface area (Å²) in [7, 11) is 1.27. The number of fused-ring (bicyclic) bond motifs is 1. The molecule has 0 unspecified atom stereocenters. The zero-order valence-corrected chi connectivity index (χ0v) is 28.5. The highest BCUT2D eigenvalue weighted by Crippen LogP contribution is 2.32. The fraction of sp³-hybridized carbons (Fsp3) is 0.325. The molecule has 0 saturated carbocycles. The maximum Gasteiger partial charge on any atom is 0.407 e. The van der Waals surface area contributed by atoms with Crippen molar-refractivity contribution in [3.8, 4) is 0 Å². The molecule has 266 valence electrons. The van der Waals surface area contributed by atoms with Gasteiger partial charge in [-0.1, -0.05) is 103 Å². The number of aliphatic hydroxyl groups excluding tert-OH is 1. The average Bonchev–Trinajstić information content (AvgIpc) is 3.48. The number of methoxy groups -OCH3 is 1. The van der Waals surface area contributed by atoms with Gasteiger partial charge < -0.3 is 40.6 Å². The van der Waals surface area contributed by atoms with Gasteiger partial charge in [-0.2, -0.15) is 0 Å². The predicted molar refractivity (Wildman–Crippen MR) is 192 cm³/mol. The number of alkyl carbamates (subject to hydrolysis) is 2. The van der Waals surface area contributed by atoms with Crippen molar-refractivity contribution in [2.24, 2.45) is 0 Å². The van der Waals surface area contributed by atoms with Crippen LogP contribution in [0.3, 0.4) is 0 Å². The highest BCUT2D eigenvalue weighted by molar-refractivity contribution is 5.98. The average molecular weight is 693 g/mol. The molecule has 6 rings (SSSR count). The van der Waals surface area contributed by atoms with Gasteiger partial charge in [-0.05, 0) is 46.7 Å². The van der Waals surface area contributed by atoms with Crippen LogP contribution in [0.5, 0.6) is 0 Å².